The Bertz CT molecular complexity index is 899. The molecule has 2 aliphatic rings. The molecule has 0 spiro atoms. The Morgan fingerprint density at radius 1 is 1.13 bits per heavy atom. The van der Waals surface area contributed by atoms with Crippen molar-refractivity contribution in [3.05, 3.63) is 47.7 Å². The first kappa shape index (κ1) is 23.4. The Morgan fingerprint density at radius 3 is 2.65 bits per heavy atom. The van der Waals surface area contributed by atoms with Crippen LogP contribution in [0.3, 0.4) is 0 Å². The number of fused-ring (bicyclic) bond motifs is 1. The molecule has 1 N–H and O–H groups in total. The summed E-state index contributed by atoms with van der Waals surface area (Å²) < 4.78 is 10.9. The van der Waals surface area contributed by atoms with E-state index in [2.05, 4.69) is 43.3 Å². The van der Waals surface area contributed by atoms with Crippen LogP contribution >= 0.6 is 24.0 Å². The van der Waals surface area contributed by atoms with Gasteiger partial charge in [0.05, 0.1) is 0 Å². The Morgan fingerprint density at radius 2 is 1.90 bits per heavy atom. The maximum Gasteiger partial charge on any atom is 0.231 e. The average Bonchev–Trinajstić information content (AvgIpc) is 3.23. The Balaban J connectivity index is 0.00000272. The number of halogens is 1. The highest BCUT2D eigenvalue weighted by molar-refractivity contribution is 14.0. The van der Waals surface area contributed by atoms with Crippen LogP contribution < -0.4 is 19.7 Å². The molecular formula is C22H31IN6O2. The van der Waals surface area contributed by atoms with Gasteiger partial charge in [0.15, 0.2) is 17.5 Å². The van der Waals surface area contributed by atoms with Crippen molar-refractivity contribution >= 4 is 35.8 Å². The second-order valence-corrected chi connectivity index (χ2v) is 7.73. The predicted molar refractivity (Wildman–Crippen MR) is 134 cm³/mol. The van der Waals surface area contributed by atoms with Crippen LogP contribution in [-0.2, 0) is 13.1 Å². The SMILES string of the molecule is CN=C(NCc1cccnc1N(C)C)N1CCN(Cc2ccc3c(c2)OCO3)CC1.I. The van der Waals surface area contributed by atoms with Crippen LogP contribution in [0.4, 0.5) is 5.82 Å². The molecule has 4 rings (SSSR count). The zero-order valence-electron chi connectivity index (χ0n) is 18.4. The lowest BCUT2D eigenvalue weighted by Crippen LogP contribution is -2.52. The molecule has 3 heterocycles. The molecular weight excluding hydrogens is 507 g/mol. The van der Waals surface area contributed by atoms with E-state index in [-0.39, 0.29) is 24.0 Å². The lowest BCUT2D eigenvalue weighted by Gasteiger charge is -2.36. The summed E-state index contributed by atoms with van der Waals surface area (Å²) in [5, 5.41) is 3.50. The maximum absolute atomic E-state index is 5.50. The normalized spacial score (nSPS) is 16.1. The number of aromatic nitrogens is 1. The Labute approximate surface area is 201 Å². The van der Waals surface area contributed by atoms with Gasteiger partial charge < -0.3 is 24.6 Å². The first-order valence-corrected chi connectivity index (χ1v) is 10.3. The monoisotopic (exact) mass is 538 g/mol. The molecule has 2 aliphatic heterocycles. The minimum atomic E-state index is 0. The number of hydrogen-bond acceptors (Lipinski definition) is 6. The van der Waals surface area contributed by atoms with E-state index in [0.29, 0.717) is 13.3 Å². The molecule has 0 radical (unpaired) electrons. The number of benzene rings is 1. The van der Waals surface area contributed by atoms with Gasteiger partial charge >= 0.3 is 0 Å². The molecule has 1 fully saturated rings. The second-order valence-electron chi connectivity index (χ2n) is 7.73. The molecule has 0 amide bonds. The summed E-state index contributed by atoms with van der Waals surface area (Å²) in [7, 11) is 5.87. The van der Waals surface area contributed by atoms with Gasteiger partial charge in [-0.05, 0) is 23.8 Å². The van der Waals surface area contributed by atoms with Crippen molar-refractivity contribution in [1.29, 1.82) is 0 Å². The molecule has 1 aromatic carbocycles. The topological polar surface area (TPSA) is 65.5 Å². The van der Waals surface area contributed by atoms with Crippen molar-refractivity contribution in [3.63, 3.8) is 0 Å². The molecule has 0 unspecified atom stereocenters. The third-order valence-corrected chi connectivity index (χ3v) is 5.45. The number of aliphatic imine (C=N–C) groups is 1. The maximum atomic E-state index is 5.50. The summed E-state index contributed by atoms with van der Waals surface area (Å²) in [5.74, 6) is 3.60. The number of guanidine groups is 1. The van der Waals surface area contributed by atoms with Crippen LogP contribution in [0.1, 0.15) is 11.1 Å². The first-order valence-electron chi connectivity index (χ1n) is 10.3. The van der Waals surface area contributed by atoms with E-state index < -0.39 is 0 Å². The van der Waals surface area contributed by atoms with Crippen molar-refractivity contribution in [3.8, 4) is 11.5 Å². The highest BCUT2D eigenvalue weighted by Gasteiger charge is 2.21. The van der Waals surface area contributed by atoms with E-state index in [1.807, 2.05) is 44.4 Å². The van der Waals surface area contributed by atoms with Gasteiger partial charge in [-0.3, -0.25) is 9.89 Å². The van der Waals surface area contributed by atoms with Gasteiger partial charge in [0.2, 0.25) is 6.79 Å². The molecule has 31 heavy (non-hydrogen) atoms. The van der Waals surface area contributed by atoms with Gasteiger partial charge in [0.25, 0.3) is 0 Å². The van der Waals surface area contributed by atoms with Crippen LogP contribution in [0.25, 0.3) is 0 Å². The van der Waals surface area contributed by atoms with Crippen LogP contribution in [-0.4, -0.2) is 74.9 Å². The predicted octanol–water partition coefficient (Wildman–Crippen LogP) is 2.39. The summed E-state index contributed by atoms with van der Waals surface area (Å²) in [6, 6.07) is 10.3. The molecule has 8 nitrogen and oxygen atoms in total. The number of nitrogens with zero attached hydrogens (tertiary/aromatic N) is 5. The number of pyridine rings is 1. The Kier molecular flexibility index (Phi) is 8.19. The van der Waals surface area contributed by atoms with E-state index in [1.54, 1.807) is 0 Å². The largest absolute Gasteiger partial charge is 0.454 e. The van der Waals surface area contributed by atoms with E-state index in [0.717, 1.165) is 61.6 Å². The zero-order valence-corrected chi connectivity index (χ0v) is 20.7. The molecule has 0 bridgehead atoms. The summed E-state index contributed by atoms with van der Waals surface area (Å²) in [4.78, 5) is 15.8. The summed E-state index contributed by atoms with van der Waals surface area (Å²) >= 11 is 0. The van der Waals surface area contributed by atoms with E-state index in [1.165, 1.54) is 5.56 Å². The number of rotatable bonds is 5. The van der Waals surface area contributed by atoms with Crippen molar-refractivity contribution in [1.82, 2.24) is 20.1 Å². The number of hydrogen-bond donors (Lipinski definition) is 1. The molecule has 0 saturated carbocycles. The highest BCUT2D eigenvalue weighted by Crippen LogP contribution is 2.32. The van der Waals surface area contributed by atoms with E-state index in [9.17, 15) is 0 Å². The van der Waals surface area contributed by atoms with Crippen molar-refractivity contribution in [2.24, 2.45) is 4.99 Å². The average molecular weight is 538 g/mol. The van der Waals surface area contributed by atoms with Crippen molar-refractivity contribution in [2.45, 2.75) is 13.1 Å². The van der Waals surface area contributed by atoms with Crippen LogP contribution in [0.5, 0.6) is 11.5 Å². The van der Waals surface area contributed by atoms with Gasteiger partial charge in [0.1, 0.15) is 5.82 Å². The second kappa shape index (κ2) is 10.9. The number of anilines is 1. The highest BCUT2D eigenvalue weighted by atomic mass is 127. The van der Waals surface area contributed by atoms with Crippen molar-refractivity contribution < 1.29 is 9.47 Å². The van der Waals surface area contributed by atoms with Gasteiger partial charge in [-0.15, -0.1) is 24.0 Å². The molecule has 9 heteroatoms. The minimum Gasteiger partial charge on any atom is -0.454 e. The third kappa shape index (κ3) is 5.70. The number of ether oxygens (including phenoxy) is 2. The molecule has 168 valence electrons. The summed E-state index contributed by atoms with van der Waals surface area (Å²) in [6.45, 7) is 5.80. The standard InChI is InChI=1S/C22H30N6O2.HI/c1-23-22(25-14-18-5-4-8-24-21(18)26(2)3)28-11-9-27(10-12-28)15-17-6-7-19-20(13-17)30-16-29-19;/h4-8,13H,9-12,14-16H2,1-3H3,(H,23,25);1H. The van der Waals surface area contributed by atoms with E-state index in [4.69, 9.17) is 9.47 Å². The minimum absolute atomic E-state index is 0. The summed E-state index contributed by atoms with van der Waals surface area (Å²) in [5.41, 5.74) is 2.41. The Hall–Kier alpha value is -2.27. The molecule has 1 aromatic heterocycles. The molecule has 1 saturated heterocycles. The molecule has 0 atom stereocenters. The van der Waals surface area contributed by atoms with Crippen LogP contribution in [0, 0.1) is 0 Å². The van der Waals surface area contributed by atoms with Gasteiger partial charge in [-0.1, -0.05) is 12.1 Å². The summed E-state index contributed by atoms with van der Waals surface area (Å²) in [6.07, 6.45) is 1.83. The van der Waals surface area contributed by atoms with Crippen LogP contribution in [0.15, 0.2) is 41.5 Å². The fourth-order valence-corrected chi connectivity index (χ4v) is 3.89. The molecule has 0 aliphatic carbocycles. The smallest absolute Gasteiger partial charge is 0.231 e. The quantitative estimate of drug-likeness (QED) is 0.357. The third-order valence-electron chi connectivity index (χ3n) is 5.45. The lowest BCUT2D eigenvalue weighted by atomic mass is 10.1. The van der Waals surface area contributed by atoms with Gasteiger partial charge in [0, 0.05) is 72.2 Å². The molecule has 2 aromatic rings. The van der Waals surface area contributed by atoms with Crippen molar-refractivity contribution in [2.75, 3.05) is 59.0 Å². The van der Waals surface area contributed by atoms with Gasteiger partial charge in [-0.2, -0.15) is 0 Å². The van der Waals surface area contributed by atoms with Gasteiger partial charge in [-0.25, -0.2) is 4.98 Å². The zero-order chi connectivity index (χ0) is 20.9. The fraction of sp³-hybridized carbons (Fsp3) is 0.455. The first-order chi connectivity index (χ1) is 14.6. The number of nitrogens with one attached hydrogen (secondary N) is 1. The van der Waals surface area contributed by atoms with E-state index >= 15 is 0 Å². The lowest BCUT2D eigenvalue weighted by molar-refractivity contribution is 0.171. The fourth-order valence-electron chi connectivity index (χ4n) is 3.89. The number of piperazine rings is 1. The van der Waals surface area contributed by atoms with Crippen LogP contribution in [0.2, 0.25) is 0 Å².